The van der Waals surface area contributed by atoms with Crippen molar-refractivity contribution in [3.63, 3.8) is 0 Å². The van der Waals surface area contributed by atoms with Gasteiger partial charge in [0.15, 0.2) is 0 Å². The highest BCUT2D eigenvalue weighted by Gasteiger charge is 2.32. The van der Waals surface area contributed by atoms with Crippen LogP contribution in [0.3, 0.4) is 0 Å². The molecule has 0 aliphatic carbocycles. The zero-order chi connectivity index (χ0) is 14.3. The number of nitrogens with zero attached hydrogens (tertiary/aromatic N) is 1. The van der Waals surface area contributed by atoms with Crippen LogP contribution in [0.15, 0.2) is 0 Å². The second kappa shape index (κ2) is 8.26. The molecule has 0 bridgehead atoms. The van der Waals surface area contributed by atoms with Crippen molar-refractivity contribution in [2.24, 2.45) is 5.41 Å². The van der Waals surface area contributed by atoms with Crippen LogP contribution in [0.1, 0.15) is 73.1 Å². The lowest BCUT2D eigenvalue weighted by molar-refractivity contribution is 0.0658. The van der Waals surface area contributed by atoms with Crippen molar-refractivity contribution in [2.75, 3.05) is 19.6 Å². The standard InChI is InChI=1S/C17H36N2/c1-6-11-18-15(4)14-16(5)19-12-9-17(7-2,8-3)10-13-19/h15-16,18H,6-14H2,1-5H3. The van der Waals surface area contributed by atoms with E-state index in [1.165, 1.54) is 51.6 Å². The van der Waals surface area contributed by atoms with Crippen LogP contribution in [0.2, 0.25) is 0 Å². The molecule has 2 heteroatoms. The van der Waals surface area contributed by atoms with Crippen LogP contribution in [-0.2, 0) is 0 Å². The van der Waals surface area contributed by atoms with Gasteiger partial charge in [-0.05, 0) is 64.6 Å². The van der Waals surface area contributed by atoms with Crippen LogP contribution in [0.25, 0.3) is 0 Å². The van der Waals surface area contributed by atoms with Gasteiger partial charge in [-0.15, -0.1) is 0 Å². The highest BCUT2D eigenvalue weighted by atomic mass is 15.2. The lowest BCUT2D eigenvalue weighted by Crippen LogP contribution is -2.46. The molecule has 0 amide bonds. The van der Waals surface area contributed by atoms with Gasteiger partial charge in [-0.25, -0.2) is 0 Å². The normalized spacial score (nSPS) is 23.2. The molecule has 0 saturated carbocycles. The molecule has 2 atom stereocenters. The van der Waals surface area contributed by atoms with E-state index in [2.05, 4.69) is 44.8 Å². The monoisotopic (exact) mass is 268 g/mol. The van der Waals surface area contributed by atoms with E-state index in [4.69, 9.17) is 0 Å². The first-order valence-electron chi connectivity index (χ1n) is 8.54. The number of nitrogens with one attached hydrogen (secondary N) is 1. The van der Waals surface area contributed by atoms with Gasteiger partial charge in [0.2, 0.25) is 0 Å². The third-order valence-corrected chi connectivity index (χ3v) is 5.42. The maximum atomic E-state index is 3.61. The van der Waals surface area contributed by atoms with Crippen molar-refractivity contribution in [3.05, 3.63) is 0 Å². The van der Waals surface area contributed by atoms with Gasteiger partial charge in [-0.2, -0.15) is 0 Å². The van der Waals surface area contributed by atoms with Gasteiger partial charge >= 0.3 is 0 Å². The van der Waals surface area contributed by atoms with Gasteiger partial charge < -0.3 is 10.2 Å². The molecule has 1 heterocycles. The molecule has 1 aliphatic rings. The summed E-state index contributed by atoms with van der Waals surface area (Å²) in [6.07, 6.45) is 8.05. The van der Waals surface area contributed by atoms with Crippen LogP contribution < -0.4 is 5.32 Å². The summed E-state index contributed by atoms with van der Waals surface area (Å²) in [6.45, 7) is 15.5. The Morgan fingerprint density at radius 1 is 1.05 bits per heavy atom. The van der Waals surface area contributed by atoms with Crippen LogP contribution in [-0.4, -0.2) is 36.6 Å². The van der Waals surface area contributed by atoms with Crippen molar-refractivity contribution in [2.45, 2.75) is 85.2 Å². The van der Waals surface area contributed by atoms with Crippen LogP contribution in [0.5, 0.6) is 0 Å². The molecular formula is C17H36N2. The molecule has 0 aromatic heterocycles. The summed E-state index contributed by atoms with van der Waals surface area (Å²) in [4.78, 5) is 2.72. The van der Waals surface area contributed by atoms with Crippen LogP contribution in [0.4, 0.5) is 0 Å². The maximum absolute atomic E-state index is 3.61. The zero-order valence-corrected chi connectivity index (χ0v) is 14.0. The zero-order valence-electron chi connectivity index (χ0n) is 14.0. The van der Waals surface area contributed by atoms with Crippen molar-refractivity contribution < 1.29 is 0 Å². The van der Waals surface area contributed by atoms with E-state index in [1.807, 2.05) is 0 Å². The molecule has 1 rings (SSSR count). The fraction of sp³-hybridized carbons (Fsp3) is 1.00. The Morgan fingerprint density at radius 2 is 1.63 bits per heavy atom. The molecule has 114 valence electrons. The summed E-state index contributed by atoms with van der Waals surface area (Å²) in [5, 5.41) is 3.61. The second-order valence-corrected chi connectivity index (χ2v) is 6.68. The molecule has 1 fully saturated rings. The number of likely N-dealkylation sites (tertiary alicyclic amines) is 1. The number of piperidine rings is 1. The predicted octanol–water partition coefficient (Wildman–Crippen LogP) is 4.06. The molecule has 0 radical (unpaired) electrons. The van der Waals surface area contributed by atoms with E-state index in [-0.39, 0.29) is 0 Å². The number of hydrogen-bond donors (Lipinski definition) is 1. The molecule has 1 N–H and O–H groups in total. The third-order valence-electron chi connectivity index (χ3n) is 5.42. The number of hydrogen-bond acceptors (Lipinski definition) is 2. The van der Waals surface area contributed by atoms with Crippen LogP contribution >= 0.6 is 0 Å². The Labute approximate surface area is 121 Å². The van der Waals surface area contributed by atoms with Gasteiger partial charge in [-0.1, -0.05) is 33.6 Å². The summed E-state index contributed by atoms with van der Waals surface area (Å²) >= 11 is 0. The second-order valence-electron chi connectivity index (χ2n) is 6.68. The highest BCUT2D eigenvalue weighted by Crippen LogP contribution is 2.38. The van der Waals surface area contributed by atoms with E-state index < -0.39 is 0 Å². The first-order chi connectivity index (χ1) is 9.06. The largest absolute Gasteiger partial charge is 0.314 e. The molecule has 0 aromatic carbocycles. The van der Waals surface area contributed by atoms with Crippen molar-refractivity contribution in [1.29, 1.82) is 0 Å². The molecule has 2 nitrogen and oxygen atoms in total. The minimum Gasteiger partial charge on any atom is -0.314 e. The van der Waals surface area contributed by atoms with Gasteiger partial charge in [0, 0.05) is 12.1 Å². The average molecular weight is 268 g/mol. The Morgan fingerprint density at radius 3 is 2.11 bits per heavy atom. The first kappa shape index (κ1) is 17.0. The van der Waals surface area contributed by atoms with Crippen molar-refractivity contribution >= 4 is 0 Å². The van der Waals surface area contributed by atoms with E-state index in [1.54, 1.807) is 0 Å². The Hall–Kier alpha value is -0.0800. The fourth-order valence-corrected chi connectivity index (χ4v) is 3.53. The molecule has 19 heavy (non-hydrogen) atoms. The van der Waals surface area contributed by atoms with E-state index in [0.29, 0.717) is 11.5 Å². The molecular weight excluding hydrogens is 232 g/mol. The topological polar surface area (TPSA) is 15.3 Å². The van der Waals surface area contributed by atoms with Crippen LogP contribution in [0, 0.1) is 5.41 Å². The van der Waals surface area contributed by atoms with Gasteiger partial charge in [-0.3, -0.25) is 0 Å². The minimum atomic E-state index is 0.652. The lowest BCUT2D eigenvalue weighted by Gasteiger charge is -2.43. The minimum absolute atomic E-state index is 0.652. The van der Waals surface area contributed by atoms with Crippen molar-refractivity contribution in [1.82, 2.24) is 10.2 Å². The summed E-state index contributed by atoms with van der Waals surface area (Å²) in [5.74, 6) is 0. The van der Waals surface area contributed by atoms with Gasteiger partial charge in [0.05, 0.1) is 0 Å². The number of rotatable bonds is 8. The summed E-state index contributed by atoms with van der Waals surface area (Å²) < 4.78 is 0. The Balaban J connectivity index is 2.34. The molecule has 2 unspecified atom stereocenters. The predicted molar refractivity (Wildman–Crippen MR) is 85.7 cm³/mol. The molecule has 1 aliphatic heterocycles. The van der Waals surface area contributed by atoms with E-state index in [9.17, 15) is 0 Å². The average Bonchev–Trinajstić information content (AvgIpc) is 2.45. The van der Waals surface area contributed by atoms with E-state index in [0.717, 1.165) is 12.6 Å². The highest BCUT2D eigenvalue weighted by molar-refractivity contribution is 4.86. The SMILES string of the molecule is CCCNC(C)CC(C)N1CCC(CC)(CC)CC1. The Bertz CT molecular complexity index is 225. The van der Waals surface area contributed by atoms with Crippen molar-refractivity contribution in [3.8, 4) is 0 Å². The van der Waals surface area contributed by atoms with E-state index >= 15 is 0 Å². The first-order valence-corrected chi connectivity index (χ1v) is 8.54. The summed E-state index contributed by atoms with van der Waals surface area (Å²) in [6, 6.07) is 1.38. The van der Waals surface area contributed by atoms with Gasteiger partial charge in [0.25, 0.3) is 0 Å². The third kappa shape index (κ3) is 5.07. The maximum Gasteiger partial charge on any atom is 0.00816 e. The quantitative estimate of drug-likeness (QED) is 0.714. The lowest BCUT2D eigenvalue weighted by atomic mass is 9.74. The summed E-state index contributed by atoms with van der Waals surface area (Å²) in [5.41, 5.74) is 0.655. The molecule has 0 aromatic rings. The fourth-order valence-electron chi connectivity index (χ4n) is 3.53. The molecule has 1 saturated heterocycles. The smallest absolute Gasteiger partial charge is 0.00816 e. The summed E-state index contributed by atoms with van der Waals surface area (Å²) in [7, 11) is 0. The Kier molecular flexibility index (Phi) is 7.38. The van der Waals surface area contributed by atoms with Gasteiger partial charge in [0.1, 0.15) is 0 Å². The molecule has 0 spiro atoms.